The highest BCUT2D eigenvalue weighted by Crippen LogP contribution is 2.38. The Labute approximate surface area is 343 Å². The van der Waals surface area contributed by atoms with Gasteiger partial charge in [-0.1, -0.05) is 132 Å². The number of rotatable bonds is 39. The third-order valence-electron chi connectivity index (χ3n) is 9.01. The number of quaternary nitrogens is 1. The Hall–Kier alpha value is -2.29. The fourth-order valence-corrected chi connectivity index (χ4v) is 6.24. The molecule has 0 bridgehead atoms. The molecule has 0 aliphatic carbocycles. The molecule has 0 spiro atoms. The fraction of sp³-hybridized carbons (Fsp3) is 0.739. The number of likely N-dealkylation sites (N-methyl/N-ethyl adjacent to an activating group) is 1. The maximum Gasteiger partial charge on any atom is 0.306 e. The van der Waals surface area contributed by atoms with E-state index in [9.17, 15) is 19.0 Å². The number of carbonyl (C=O) groups is 2. The number of carbonyl (C=O) groups excluding carboxylic acids is 2. The smallest absolute Gasteiger partial charge is 0.306 e. The lowest BCUT2D eigenvalue weighted by molar-refractivity contribution is -0.870. The molecule has 9 nitrogen and oxygen atoms in total. The first-order chi connectivity index (χ1) is 27.0. The molecule has 0 N–H and O–H groups in total. The van der Waals surface area contributed by atoms with Crippen molar-refractivity contribution in [1.82, 2.24) is 0 Å². The number of nitrogens with zero attached hydrogens (tertiary/aromatic N) is 1. The van der Waals surface area contributed by atoms with Crippen LogP contribution < -0.4 is 4.89 Å². The second-order valence-corrected chi connectivity index (χ2v) is 17.1. The molecule has 0 aliphatic heterocycles. The third-order valence-corrected chi connectivity index (χ3v) is 9.97. The normalized spacial score (nSPS) is 14.2. The second kappa shape index (κ2) is 38.2. The Morgan fingerprint density at radius 1 is 0.554 bits per heavy atom. The van der Waals surface area contributed by atoms with Crippen molar-refractivity contribution in [3.05, 3.63) is 60.8 Å². The van der Waals surface area contributed by atoms with Gasteiger partial charge in [0.25, 0.3) is 7.82 Å². The zero-order valence-electron chi connectivity index (χ0n) is 36.3. The summed E-state index contributed by atoms with van der Waals surface area (Å²) in [6, 6.07) is 0. The predicted molar refractivity (Wildman–Crippen MR) is 231 cm³/mol. The van der Waals surface area contributed by atoms with Crippen molar-refractivity contribution < 1.29 is 42.1 Å². The van der Waals surface area contributed by atoms with Crippen LogP contribution in [0.1, 0.15) is 168 Å². The molecule has 0 aliphatic rings. The molecule has 1 unspecified atom stereocenters. The molecule has 0 aromatic carbocycles. The summed E-state index contributed by atoms with van der Waals surface area (Å²) in [6.07, 6.45) is 45.3. The van der Waals surface area contributed by atoms with Crippen molar-refractivity contribution in [2.45, 2.75) is 174 Å². The van der Waals surface area contributed by atoms with Gasteiger partial charge in [0, 0.05) is 12.8 Å². The molecule has 56 heavy (non-hydrogen) atoms. The van der Waals surface area contributed by atoms with Gasteiger partial charge in [0.1, 0.15) is 19.8 Å². The van der Waals surface area contributed by atoms with Gasteiger partial charge < -0.3 is 27.9 Å². The van der Waals surface area contributed by atoms with Gasteiger partial charge in [-0.15, -0.1) is 0 Å². The monoisotopic (exact) mass is 808 g/mol. The van der Waals surface area contributed by atoms with E-state index in [0.717, 1.165) is 64.2 Å². The van der Waals surface area contributed by atoms with Crippen LogP contribution in [0.5, 0.6) is 0 Å². The number of ether oxygens (including phenoxy) is 2. The summed E-state index contributed by atoms with van der Waals surface area (Å²) in [5, 5.41) is 0. The second-order valence-electron chi connectivity index (χ2n) is 15.7. The number of phosphoric acid groups is 1. The number of allylic oxidation sites excluding steroid dienone is 10. The number of hydrogen-bond donors (Lipinski definition) is 0. The van der Waals surface area contributed by atoms with Gasteiger partial charge in [-0.2, -0.15) is 0 Å². The first-order valence-corrected chi connectivity index (χ1v) is 23.5. The van der Waals surface area contributed by atoms with Crippen molar-refractivity contribution in [3.8, 4) is 0 Å². The quantitative estimate of drug-likeness (QED) is 0.0198. The zero-order valence-corrected chi connectivity index (χ0v) is 37.2. The molecular formula is C46H82NO8P. The first-order valence-electron chi connectivity index (χ1n) is 22.0. The first kappa shape index (κ1) is 53.7. The minimum absolute atomic E-state index is 0.0420. The van der Waals surface area contributed by atoms with E-state index >= 15 is 0 Å². The van der Waals surface area contributed by atoms with Crippen molar-refractivity contribution in [3.63, 3.8) is 0 Å². The van der Waals surface area contributed by atoms with Crippen molar-refractivity contribution >= 4 is 19.8 Å². The molecule has 10 heteroatoms. The standard InChI is InChI=1S/C46H82NO8P/c1-6-8-10-12-14-16-18-20-22-23-25-26-28-30-32-34-36-38-45(48)52-42-44(43-54-56(50,51)53-41-40-47(3,4)5)55-46(49)39-37-35-33-31-29-27-24-21-19-17-15-13-11-9-7-2/h14-17,20-22,24,29,31,44H,6-13,18-19,23,25-28,30,32-43H2,1-5H3/b16-14-,17-15-,22-20-,24-21-,31-29-/t44-/m1/s1. The van der Waals surface area contributed by atoms with E-state index in [1.807, 2.05) is 21.1 Å². The lowest BCUT2D eigenvalue weighted by atomic mass is 10.1. The van der Waals surface area contributed by atoms with Crippen molar-refractivity contribution in [2.75, 3.05) is 47.5 Å². The van der Waals surface area contributed by atoms with Crippen molar-refractivity contribution in [2.24, 2.45) is 0 Å². The molecule has 0 aromatic heterocycles. The van der Waals surface area contributed by atoms with E-state index in [2.05, 4.69) is 74.6 Å². The predicted octanol–water partition coefficient (Wildman–Crippen LogP) is 11.8. The molecule has 0 radical (unpaired) electrons. The highest BCUT2D eigenvalue weighted by molar-refractivity contribution is 7.45. The molecule has 0 saturated carbocycles. The number of phosphoric ester groups is 1. The Bertz CT molecular complexity index is 1140. The Kier molecular flexibility index (Phi) is 36.7. The zero-order chi connectivity index (χ0) is 41.4. The highest BCUT2D eigenvalue weighted by Gasteiger charge is 2.21. The summed E-state index contributed by atoms with van der Waals surface area (Å²) in [6.45, 7) is 4.10. The lowest BCUT2D eigenvalue weighted by Crippen LogP contribution is -2.37. The molecular weight excluding hydrogens is 725 g/mol. The maximum absolute atomic E-state index is 12.6. The van der Waals surface area contributed by atoms with Crippen molar-refractivity contribution in [1.29, 1.82) is 0 Å². The SMILES string of the molecule is CCCCC/C=C\C/C=C\C/C=C\CCCCC(=O)O[C@H](COC(=O)CCCCCCCCC/C=C\C/C=C\CCCCC)COP(=O)([O-])OCC[N+](C)(C)C. The van der Waals surface area contributed by atoms with Crippen LogP contribution in [0.3, 0.4) is 0 Å². The van der Waals surface area contributed by atoms with Crippen LogP contribution in [-0.4, -0.2) is 70.0 Å². The maximum atomic E-state index is 12.6. The van der Waals surface area contributed by atoms with Crippen LogP contribution in [0.2, 0.25) is 0 Å². The fourth-order valence-electron chi connectivity index (χ4n) is 5.51. The Morgan fingerprint density at radius 3 is 1.46 bits per heavy atom. The minimum atomic E-state index is -4.64. The molecule has 0 heterocycles. The third kappa shape index (κ3) is 41.3. The van der Waals surface area contributed by atoms with Gasteiger partial charge in [-0.3, -0.25) is 14.2 Å². The largest absolute Gasteiger partial charge is 0.756 e. The van der Waals surface area contributed by atoms with Crippen LogP contribution >= 0.6 is 7.82 Å². The molecule has 0 aromatic rings. The highest BCUT2D eigenvalue weighted by atomic mass is 31.2. The van der Waals surface area contributed by atoms with Gasteiger partial charge in [-0.05, 0) is 83.5 Å². The van der Waals surface area contributed by atoms with E-state index in [4.69, 9.17) is 18.5 Å². The van der Waals surface area contributed by atoms with Crippen LogP contribution in [0.4, 0.5) is 0 Å². The van der Waals surface area contributed by atoms with E-state index < -0.39 is 32.5 Å². The molecule has 324 valence electrons. The molecule has 0 amide bonds. The summed E-state index contributed by atoms with van der Waals surface area (Å²) >= 11 is 0. The molecule has 0 saturated heterocycles. The van der Waals surface area contributed by atoms with Crippen LogP contribution in [0.25, 0.3) is 0 Å². The van der Waals surface area contributed by atoms with Gasteiger partial charge in [-0.25, -0.2) is 0 Å². The summed E-state index contributed by atoms with van der Waals surface area (Å²) in [4.78, 5) is 37.5. The average Bonchev–Trinajstić information content (AvgIpc) is 3.15. The van der Waals surface area contributed by atoms with E-state index in [-0.39, 0.29) is 26.1 Å². The number of esters is 2. The lowest BCUT2D eigenvalue weighted by Gasteiger charge is -2.28. The minimum Gasteiger partial charge on any atom is -0.756 e. The van der Waals surface area contributed by atoms with Gasteiger partial charge in [0.2, 0.25) is 0 Å². The van der Waals surface area contributed by atoms with E-state index in [1.54, 1.807) is 0 Å². The molecule has 0 rings (SSSR count). The van der Waals surface area contributed by atoms with Crippen LogP contribution in [0, 0.1) is 0 Å². The van der Waals surface area contributed by atoms with Gasteiger partial charge in [0.05, 0.1) is 27.7 Å². The van der Waals surface area contributed by atoms with Crippen LogP contribution in [0.15, 0.2) is 60.8 Å². The summed E-state index contributed by atoms with van der Waals surface area (Å²) in [7, 11) is 1.13. The molecule has 0 fully saturated rings. The Balaban J connectivity index is 4.44. The summed E-state index contributed by atoms with van der Waals surface area (Å²) in [5.74, 6) is -0.893. The Morgan fingerprint density at radius 2 is 0.964 bits per heavy atom. The number of unbranched alkanes of at least 4 members (excludes halogenated alkanes) is 15. The number of hydrogen-bond acceptors (Lipinski definition) is 8. The van der Waals surface area contributed by atoms with Gasteiger partial charge in [0.15, 0.2) is 6.10 Å². The van der Waals surface area contributed by atoms with Crippen LogP contribution in [-0.2, 0) is 32.7 Å². The summed E-state index contributed by atoms with van der Waals surface area (Å²) < 4.78 is 33.8. The van der Waals surface area contributed by atoms with Gasteiger partial charge >= 0.3 is 11.9 Å². The average molecular weight is 808 g/mol. The van der Waals surface area contributed by atoms with E-state index in [1.165, 1.54) is 64.2 Å². The van der Waals surface area contributed by atoms with E-state index in [0.29, 0.717) is 23.9 Å². The topological polar surface area (TPSA) is 111 Å². The molecule has 2 atom stereocenters. The summed E-state index contributed by atoms with van der Waals surface area (Å²) in [5.41, 5.74) is 0.